The molecular weight excluding hydrogens is 490 g/mol. The Labute approximate surface area is 227 Å². The Balaban J connectivity index is 1.52. The summed E-state index contributed by atoms with van der Waals surface area (Å²) in [6.07, 6.45) is 0.856. The number of aromatic nitrogens is 1. The highest BCUT2D eigenvalue weighted by Gasteiger charge is 2.29. The molecule has 0 saturated carbocycles. The number of benzene rings is 4. The van der Waals surface area contributed by atoms with Crippen LogP contribution in [-0.4, -0.2) is 38.5 Å². The van der Waals surface area contributed by atoms with Crippen molar-refractivity contribution in [3.05, 3.63) is 102 Å². The van der Waals surface area contributed by atoms with Crippen molar-refractivity contribution < 1.29 is 23.7 Å². The molecule has 0 fully saturated rings. The highest BCUT2D eigenvalue weighted by molar-refractivity contribution is 6.21. The molecule has 0 amide bonds. The van der Waals surface area contributed by atoms with Gasteiger partial charge in [0, 0.05) is 35.7 Å². The molecule has 4 aromatic carbocycles. The molecule has 0 N–H and O–H groups in total. The second-order valence-corrected chi connectivity index (χ2v) is 9.51. The molecule has 0 unspecified atom stereocenters. The van der Waals surface area contributed by atoms with E-state index < -0.39 is 0 Å². The first-order chi connectivity index (χ1) is 19.1. The lowest BCUT2D eigenvalue weighted by Crippen LogP contribution is -2.13. The minimum Gasteiger partial charge on any atom is -0.497 e. The van der Waals surface area contributed by atoms with Crippen LogP contribution >= 0.6 is 0 Å². The van der Waals surface area contributed by atoms with Crippen LogP contribution in [0.2, 0.25) is 0 Å². The van der Waals surface area contributed by atoms with E-state index >= 15 is 0 Å². The number of hydrogen-bond acceptors (Lipinski definition) is 5. The van der Waals surface area contributed by atoms with Crippen molar-refractivity contribution in [3.63, 3.8) is 0 Å². The first kappa shape index (κ1) is 24.8. The number of carbonyl (C=O) groups is 1. The topological polar surface area (TPSA) is 58.9 Å². The zero-order valence-corrected chi connectivity index (χ0v) is 22.2. The van der Waals surface area contributed by atoms with Crippen LogP contribution in [0.25, 0.3) is 33.3 Å². The summed E-state index contributed by atoms with van der Waals surface area (Å²) in [4.78, 5) is 14.2. The van der Waals surface area contributed by atoms with Gasteiger partial charge in [0.15, 0.2) is 12.6 Å². The summed E-state index contributed by atoms with van der Waals surface area (Å²) in [5.74, 6) is 2.27. The molecule has 1 aliphatic heterocycles. The van der Waals surface area contributed by atoms with E-state index in [0.717, 1.165) is 57.8 Å². The third kappa shape index (κ3) is 4.43. The van der Waals surface area contributed by atoms with Gasteiger partial charge in [0.05, 0.1) is 25.5 Å². The van der Waals surface area contributed by atoms with E-state index in [1.807, 2.05) is 30.3 Å². The molecule has 1 aliphatic rings. The van der Waals surface area contributed by atoms with Gasteiger partial charge in [0.1, 0.15) is 17.2 Å². The second-order valence-electron chi connectivity index (χ2n) is 9.51. The van der Waals surface area contributed by atoms with Crippen LogP contribution in [0, 0.1) is 0 Å². The summed E-state index contributed by atoms with van der Waals surface area (Å²) in [7, 11) is 4.92. The Hall–Kier alpha value is -4.55. The number of aryl methyl sites for hydroxylation is 2. The monoisotopic (exact) mass is 519 g/mol. The number of nitrogens with zero attached hydrogens (tertiary/aromatic N) is 1. The smallest absolute Gasteiger partial charge is 0.195 e. The standard InChI is InChI=1S/C33H29NO5/c1-36-20-39-26-11-6-22(7-12-26)33(35)31-29-14-8-23(21-4-9-25(37-2)10-5-21)19-30(29)34-17-16-24-18-27(38-3)13-15-28(24)32(31)34/h4-15,18-19H,16-17,20H2,1-3H3. The molecule has 5 aromatic rings. The fourth-order valence-electron chi connectivity index (χ4n) is 5.40. The molecule has 0 spiro atoms. The van der Waals surface area contributed by atoms with E-state index in [1.165, 1.54) is 5.56 Å². The number of hydrogen-bond donors (Lipinski definition) is 0. The van der Waals surface area contributed by atoms with E-state index in [1.54, 1.807) is 33.5 Å². The van der Waals surface area contributed by atoms with E-state index in [-0.39, 0.29) is 12.6 Å². The molecule has 39 heavy (non-hydrogen) atoms. The number of ether oxygens (including phenoxy) is 4. The Morgan fingerprint density at radius 1 is 0.769 bits per heavy atom. The maximum atomic E-state index is 14.2. The third-order valence-corrected chi connectivity index (χ3v) is 7.35. The van der Waals surface area contributed by atoms with Gasteiger partial charge in [0.25, 0.3) is 0 Å². The maximum Gasteiger partial charge on any atom is 0.195 e. The zero-order valence-electron chi connectivity index (χ0n) is 22.2. The second kappa shape index (κ2) is 10.3. The Morgan fingerprint density at radius 3 is 2.18 bits per heavy atom. The predicted octanol–water partition coefficient (Wildman–Crippen LogP) is 6.76. The third-order valence-electron chi connectivity index (χ3n) is 7.35. The van der Waals surface area contributed by atoms with E-state index in [9.17, 15) is 4.79 Å². The van der Waals surface area contributed by atoms with Crippen LogP contribution in [-0.2, 0) is 17.7 Å². The average molecular weight is 520 g/mol. The van der Waals surface area contributed by atoms with Crippen LogP contribution in [0.15, 0.2) is 84.9 Å². The van der Waals surface area contributed by atoms with Crippen molar-refractivity contribution in [1.29, 1.82) is 0 Å². The average Bonchev–Trinajstić information content (AvgIpc) is 3.33. The fourth-order valence-corrected chi connectivity index (χ4v) is 5.40. The SMILES string of the molecule is COCOc1ccc(C(=O)c2c3n(c4cc(-c5ccc(OC)cc5)ccc24)CCc2cc(OC)ccc2-3)cc1. The number of carbonyl (C=O) groups excluding carboxylic acids is 1. The van der Waals surface area contributed by atoms with Crippen molar-refractivity contribution in [2.45, 2.75) is 13.0 Å². The normalized spacial score (nSPS) is 12.1. The molecule has 6 heteroatoms. The van der Waals surface area contributed by atoms with Gasteiger partial charge in [-0.05, 0) is 83.8 Å². The molecule has 6 rings (SSSR count). The van der Waals surface area contributed by atoms with Crippen molar-refractivity contribution in [3.8, 4) is 39.6 Å². The van der Waals surface area contributed by atoms with Crippen molar-refractivity contribution in [2.24, 2.45) is 0 Å². The molecular formula is C33H29NO5. The van der Waals surface area contributed by atoms with Crippen LogP contribution < -0.4 is 14.2 Å². The van der Waals surface area contributed by atoms with E-state index in [0.29, 0.717) is 16.9 Å². The van der Waals surface area contributed by atoms with Gasteiger partial charge in [0.2, 0.25) is 0 Å². The Morgan fingerprint density at radius 2 is 1.46 bits per heavy atom. The molecule has 0 radical (unpaired) electrons. The first-order valence-corrected chi connectivity index (χ1v) is 12.9. The van der Waals surface area contributed by atoms with Gasteiger partial charge >= 0.3 is 0 Å². The van der Waals surface area contributed by atoms with Gasteiger partial charge in [-0.15, -0.1) is 0 Å². The summed E-state index contributed by atoms with van der Waals surface area (Å²) in [5.41, 5.74) is 7.73. The molecule has 2 heterocycles. The van der Waals surface area contributed by atoms with Crippen LogP contribution in [0.4, 0.5) is 0 Å². The molecule has 6 nitrogen and oxygen atoms in total. The Bertz CT molecular complexity index is 1670. The van der Waals surface area contributed by atoms with Crippen molar-refractivity contribution in [1.82, 2.24) is 4.57 Å². The van der Waals surface area contributed by atoms with E-state index in [4.69, 9.17) is 18.9 Å². The number of rotatable bonds is 8. The minimum atomic E-state index is -0.0205. The summed E-state index contributed by atoms with van der Waals surface area (Å²) in [6.45, 7) is 0.927. The van der Waals surface area contributed by atoms with Gasteiger partial charge in [-0.2, -0.15) is 0 Å². The van der Waals surface area contributed by atoms with Crippen LogP contribution in [0.5, 0.6) is 17.2 Å². The molecule has 0 atom stereocenters. The summed E-state index contributed by atoms with van der Waals surface area (Å²) < 4.78 is 23.6. The lowest BCUT2D eigenvalue weighted by Gasteiger charge is -2.22. The molecule has 196 valence electrons. The van der Waals surface area contributed by atoms with Crippen molar-refractivity contribution >= 4 is 16.7 Å². The number of fused-ring (bicyclic) bond motifs is 5. The van der Waals surface area contributed by atoms with Gasteiger partial charge in [-0.3, -0.25) is 4.79 Å². The molecule has 0 bridgehead atoms. The minimum absolute atomic E-state index is 0.0205. The largest absolute Gasteiger partial charge is 0.497 e. The molecule has 1 aromatic heterocycles. The first-order valence-electron chi connectivity index (χ1n) is 12.9. The van der Waals surface area contributed by atoms with Crippen LogP contribution in [0.3, 0.4) is 0 Å². The molecule has 0 aliphatic carbocycles. The maximum absolute atomic E-state index is 14.2. The zero-order chi connectivity index (χ0) is 26.9. The fraction of sp³-hybridized carbons (Fsp3) is 0.182. The highest BCUT2D eigenvalue weighted by atomic mass is 16.7. The summed E-state index contributed by atoms with van der Waals surface area (Å²) in [5, 5.41) is 0.940. The highest BCUT2D eigenvalue weighted by Crippen LogP contribution is 2.42. The predicted molar refractivity (Wildman–Crippen MR) is 152 cm³/mol. The lowest BCUT2D eigenvalue weighted by molar-refractivity contribution is 0.0511. The number of methoxy groups -OCH3 is 3. The summed E-state index contributed by atoms with van der Waals surface area (Å²) >= 11 is 0. The van der Waals surface area contributed by atoms with Crippen LogP contribution in [0.1, 0.15) is 21.5 Å². The quantitative estimate of drug-likeness (QED) is 0.167. The Kier molecular flexibility index (Phi) is 6.55. The van der Waals surface area contributed by atoms with Gasteiger partial charge in [-0.1, -0.05) is 24.3 Å². The van der Waals surface area contributed by atoms with Gasteiger partial charge in [-0.25, -0.2) is 0 Å². The van der Waals surface area contributed by atoms with Crippen molar-refractivity contribution in [2.75, 3.05) is 28.1 Å². The van der Waals surface area contributed by atoms with E-state index in [2.05, 4.69) is 47.0 Å². The summed E-state index contributed by atoms with van der Waals surface area (Å²) in [6, 6.07) is 27.7. The molecule has 0 saturated heterocycles. The number of ketones is 1. The lowest BCUT2D eigenvalue weighted by atomic mass is 9.92. The van der Waals surface area contributed by atoms with Gasteiger partial charge < -0.3 is 23.5 Å².